The zero-order valence-corrected chi connectivity index (χ0v) is 12.8. The van der Waals surface area contributed by atoms with Gasteiger partial charge in [0.25, 0.3) is 5.91 Å². The summed E-state index contributed by atoms with van der Waals surface area (Å²) in [7, 11) is 0. The van der Waals surface area contributed by atoms with Gasteiger partial charge in [0.15, 0.2) is 0 Å². The lowest BCUT2D eigenvalue weighted by Crippen LogP contribution is -2.37. The molecule has 0 spiro atoms. The molecule has 0 radical (unpaired) electrons. The Labute approximate surface area is 126 Å². The van der Waals surface area contributed by atoms with E-state index in [9.17, 15) is 4.79 Å². The average molecular weight is 287 g/mol. The molecule has 1 heterocycles. The van der Waals surface area contributed by atoms with Crippen LogP contribution in [0.5, 0.6) is 0 Å². The van der Waals surface area contributed by atoms with Gasteiger partial charge in [0.05, 0.1) is 16.9 Å². The van der Waals surface area contributed by atoms with E-state index in [2.05, 4.69) is 22.9 Å². The monoisotopic (exact) mass is 287 g/mol. The van der Waals surface area contributed by atoms with Crippen LogP contribution in [-0.2, 0) is 0 Å². The van der Waals surface area contributed by atoms with Gasteiger partial charge in [-0.25, -0.2) is 0 Å². The number of rotatable bonds is 3. The molecule has 1 amide bonds. The number of anilines is 2. The molecule has 0 aromatic heterocycles. The van der Waals surface area contributed by atoms with Gasteiger partial charge in [-0.2, -0.15) is 0 Å². The normalized spacial score (nSPS) is 19.9. The fourth-order valence-corrected chi connectivity index (χ4v) is 3.43. The highest BCUT2D eigenvalue weighted by Crippen LogP contribution is 2.35. The minimum Gasteiger partial charge on any atom is -0.382 e. The number of fused-ring (bicyclic) bond motifs is 1. The number of hydrogen-bond acceptors (Lipinski definition) is 3. The van der Waals surface area contributed by atoms with Gasteiger partial charge in [0.1, 0.15) is 0 Å². The van der Waals surface area contributed by atoms with Crippen LogP contribution in [0.4, 0.5) is 11.4 Å². The first-order valence-electron chi connectivity index (χ1n) is 8.07. The quantitative estimate of drug-likeness (QED) is 0.800. The maximum Gasteiger partial charge on any atom is 0.253 e. The molecule has 2 aliphatic rings. The first kappa shape index (κ1) is 14.2. The van der Waals surface area contributed by atoms with Crippen molar-refractivity contribution in [3.8, 4) is 0 Å². The molecule has 0 saturated heterocycles. The molecule has 4 heteroatoms. The smallest absolute Gasteiger partial charge is 0.253 e. The van der Waals surface area contributed by atoms with E-state index >= 15 is 0 Å². The van der Waals surface area contributed by atoms with Crippen LogP contribution < -0.4 is 16.0 Å². The zero-order chi connectivity index (χ0) is 14.7. The fraction of sp³-hybridized carbons (Fsp3) is 0.588. The van der Waals surface area contributed by atoms with E-state index < -0.39 is 0 Å². The second-order valence-electron chi connectivity index (χ2n) is 6.64. The Morgan fingerprint density at radius 1 is 1.19 bits per heavy atom. The third kappa shape index (κ3) is 3.14. The maximum atomic E-state index is 12.5. The number of nitrogens with one attached hydrogen (secondary N) is 3. The van der Waals surface area contributed by atoms with Gasteiger partial charge in [-0.1, -0.05) is 32.3 Å². The van der Waals surface area contributed by atoms with E-state index in [1.807, 2.05) is 18.2 Å². The third-order valence-electron chi connectivity index (χ3n) is 4.79. The SMILES string of the molecule is CC1(CNC(=O)c2cccc3c2NCCN3)CCCCC1. The Bertz CT molecular complexity index is 521. The van der Waals surface area contributed by atoms with Crippen molar-refractivity contribution in [3.63, 3.8) is 0 Å². The lowest BCUT2D eigenvalue weighted by atomic mass is 9.76. The van der Waals surface area contributed by atoms with E-state index in [0.717, 1.165) is 36.6 Å². The van der Waals surface area contributed by atoms with Crippen LogP contribution >= 0.6 is 0 Å². The van der Waals surface area contributed by atoms with Gasteiger partial charge in [-0.05, 0) is 30.4 Å². The van der Waals surface area contributed by atoms with Crippen molar-refractivity contribution in [2.45, 2.75) is 39.0 Å². The van der Waals surface area contributed by atoms with Gasteiger partial charge in [0, 0.05) is 19.6 Å². The number of benzene rings is 1. The molecule has 1 saturated carbocycles. The van der Waals surface area contributed by atoms with Gasteiger partial charge < -0.3 is 16.0 Å². The van der Waals surface area contributed by atoms with E-state index in [1.165, 1.54) is 32.1 Å². The van der Waals surface area contributed by atoms with Crippen molar-refractivity contribution in [3.05, 3.63) is 23.8 Å². The maximum absolute atomic E-state index is 12.5. The Kier molecular flexibility index (Phi) is 4.04. The van der Waals surface area contributed by atoms with Crippen molar-refractivity contribution in [2.24, 2.45) is 5.41 Å². The van der Waals surface area contributed by atoms with Gasteiger partial charge >= 0.3 is 0 Å². The number of carbonyl (C=O) groups is 1. The summed E-state index contributed by atoms with van der Waals surface area (Å²) < 4.78 is 0. The molecule has 0 bridgehead atoms. The molecule has 1 fully saturated rings. The predicted molar refractivity (Wildman–Crippen MR) is 86.9 cm³/mol. The summed E-state index contributed by atoms with van der Waals surface area (Å²) in [4.78, 5) is 12.5. The van der Waals surface area contributed by atoms with Crippen LogP contribution in [0.2, 0.25) is 0 Å². The molecule has 1 aliphatic carbocycles. The minimum atomic E-state index is 0.0369. The van der Waals surface area contributed by atoms with Gasteiger partial charge in [-0.15, -0.1) is 0 Å². The molecule has 0 unspecified atom stereocenters. The first-order valence-corrected chi connectivity index (χ1v) is 8.07. The highest BCUT2D eigenvalue weighted by Gasteiger charge is 2.27. The summed E-state index contributed by atoms with van der Waals surface area (Å²) in [6.45, 7) is 4.83. The second kappa shape index (κ2) is 5.96. The molecule has 114 valence electrons. The van der Waals surface area contributed by atoms with E-state index in [0.29, 0.717) is 0 Å². The predicted octanol–water partition coefficient (Wildman–Crippen LogP) is 3.22. The van der Waals surface area contributed by atoms with Crippen molar-refractivity contribution in [1.82, 2.24) is 5.32 Å². The Morgan fingerprint density at radius 3 is 2.76 bits per heavy atom. The van der Waals surface area contributed by atoms with Crippen LogP contribution in [0.25, 0.3) is 0 Å². The Balaban J connectivity index is 1.68. The zero-order valence-electron chi connectivity index (χ0n) is 12.8. The minimum absolute atomic E-state index is 0.0369. The van der Waals surface area contributed by atoms with Crippen LogP contribution in [0.15, 0.2) is 18.2 Å². The number of para-hydroxylation sites is 1. The van der Waals surface area contributed by atoms with Crippen molar-refractivity contribution < 1.29 is 4.79 Å². The van der Waals surface area contributed by atoms with Gasteiger partial charge in [0.2, 0.25) is 0 Å². The molecule has 1 aromatic carbocycles. The summed E-state index contributed by atoms with van der Waals surface area (Å²) in [6, 6.07) is 5.86. The second-order valence-corrected chi connectivity index (χ2v) is 6.64. The molecule has 0 atom stereocenters. The number of carbonyl (C=O) groups excluding carboxylic acids is 1. The van der Waals surface area contributed by atoms with Crippen molar-refractivity contribution >= 4 is 17.3 Å². The first-order chi connectivity index (χ1) is 10.2. The molecular weight excluding hydrogens is 262 g/mol. The highest BCUT2D eigenvalue weighted by atomic mass is 16.1. The summed E-state index contributed by atoms with van der Waals surface area (Å²) in [5, 5.41) is 9.82. The fourth-order valence-electron chi connectivity index (χ4n) is 3.43. The lowest BCUT2D eigenvalue weighted by Gasteiger charge is -2.33. The molecule has 3 rings (SSSR count). The molecule has 4 nitrogen and oxygen atoms in total. The number of hydrogen-bond donors (Lipinski definition) is 3. The summed E-state index contributed by atoms with van der Waals surface area (Å²) >= 11 is 0. The molecule has 1 aromatic rings. The summed E-state index contributed by atoms with van der Waals surface area (Å²) in [6.07, 6.45) is 6.36. The Hall–Kier alpha value is -1.71. The molecular formula is C17H25N3O. The molecule has 21 heavy (non-hydrogen) atoms. The van der Waals surface area contributed by atoms with Crippen LogP contribution in [0.3, 0.4) is 0 Å². The standard InChI is InChI=1S/C17H25N3O/c1-17(8-3-2-4-9-17)12-20-16(21)13-6-5-7-14-15(13)19-11-10-18-14/h5-7,18-19H,2-4,8-12H2,1H3,(H,20,21). The topological polar surface area (TPSA) is 53.2 Å². The van der Waals surface area contributed by atoms with E-state index in [1.54, 1.807) is 0 Å². The average Bonchev–Trinajstić information content (AvgIpc) is 2.53. The van der Waals surface area contributed by atoms with Crippen molar-refractivity contribution in [2.75, 3.05) is 30.3 Å². The lowest BCUT2D eigenvalue weighted by molar-refractivity contribution is 0.0920. The summed E-state index contributed by atoms with van der Waals surface area (Å²) in [5.74, 6) is 0.0369. The van der Waals surface area contributed by atoms with Gasteiger partial charge in [-0.3, -0.25) is 4.79 Å². The summed E-state index contributed by atoms with van der Waals surface area (Å²) in [5.41, 5.74) is 2.99. The van der Waals surface area contributed by atoms with Crippen LogP contribution in [0.1, 0.15) is 49.4 Å². The third-order valence-corrected chi connectivity index (χ3v) is 4.79. The largest absolute Gasteiger partial charge is 0.382 e. The molecule has 3 N–H and O–H groups in total. The van der Waals surface area contributed by atoms with Crippen LogP contribution in [-0.4, -0.2) is 25.5 Å². The number of amides is 1. The molecule has 1 aliphatic heterocycles. The van der Waals surface area contributed by atoms with E-state index in [-0.39, 0.29) is 11.3 Å². The Morgan fingerprint density at radius 2 is 1.95 bits per heavy atom. The van der Waals surface area contributed by atoms with E-state index in [4.69, 9.17) is 0 Å². The van der Waals surface area contributed by atoms with Crippen LogP contribution in [0, 0.1) is 5.41 Å². The van der Waals surface area contributed by atoms with Crippen molar-refractivity contribution in [1.29, 1.82) is 0 Å². The highest BCUT2D eigenvalue weighted by molar-refractivity contribution is 6.02.